The quantitative estimate of drug-likeness (QED) is 0.371. The van der Waals surface area contributed by atoms with Crippen LogP contribution in [0.1, 0.15) is 41.2 Å². The van der Waals surface area contributed by atoms with Crippen molar-refractivity contribution in [3.05, 3.63) is 89.0 Å². The van der Waals surface area contributed by atoms with Crippen LogP contribution in [0.15, 0.2) is 60.7 Å². The second kappa shape index (κ2) is 10.3. The zero-order valence-corrected chi connectivity index (χ0v) is 20.0. The first-order valence-electron chi connectivity index (χ1n) is 11.4. The highest BCUT2D eigenvalue weighted by atomic mass is 16.5. The molecule has 7 heteroatoms. The molecule has 174 valence electrons. The zero-order valence-electron chi connectivity index (χ0n) is 20.0. The summed E-state index contributed by atoms with van der Waals surface area (Å²) in [7, 11) is 0. The van der Waals surface area contributed by atoms with Gasteiger partial charge in [-0.2, -0.15) is 10.1 Å². The Balaban J connectivity index is 1.36. The fourth-order valence-corrected chi connectivity index (χ4v) is 3.68. The van der Waals surface area contributed by atoms with Crippen molar-refractivity contribution < 1.29 is 9.53 Å². The molecule has 1 amide bonds. The maximum absolute atomic E-state index is 12.3. The number of carbonyl (C=O) groups excluding carboxylic acids is 1. The predicted molar refractivity (Wildman–Crippen MR) is 133 cm³/mol. The minimum absolute atomic E-state index is 0.000783. The molecular formula is C27H29N5O2. The van der Waals surface area contributed by atoms with Crippen LogP contribution in [0.4, 0.5) is 5.69 Å². The number of rotatable bonds is 8. The third-order valence-corrected chi connectivity index (χ3v) is 5.74. The van der Waals surface area contributed by atoms with Gasteiger partial charge in [0.2, 0.25) is 11.8 Å². The van der Waals surface area contributed by atoms with Gasteiger partial charge in [-0.3, -0.25) is 4.79 Å². The number of nitrogens with one attached hydrogen (secondary N) is 1. The summed E-state index contributed by atoms with van der Waals surface area (Å²) in [6.45, 7) is 7.87. The number of ether oxygens (including phenoxy) is 1. The molecule has 0 saturated carbocycles. The second-order valence-corrected chi connectivity index (χ2v) is 8.33. The van der Waals surface area contributed by atoms with Gasteiger partial charge in [0.15, 0.2) is 5.82 Å². The molecule has 0 spiro atoms. The highest BCUT2D eigenvalue weighted by Crippen LogP contribution is 2.24. The number of benzene rings is 2. The normalized spacial score (nSPS) is 10.8. The fraction of sp³-hybridized carbons (Fsp3) is 0.259. The number of hydrogen-bond donors (Lipinski definition) is 1. The molecule has 0 atom stereocenters. The van der Waals surface area contributed by atoms with Crippen molar-refractivity contribution in [2.75, 3.05) is 5.32 Å². The Bertz CT molecular complexity index is 1280. The van der Waals surface area contributed by atoms with Crippen LogP contribution in [0.2, 0.25) is 0 Å². The molecule has 0 bridgehead atoms. The van der Waals surface area contributed by atoms with Gasteiger partial charge in [0.05, 0.1) is 5.69 Å². The molecule has 0 radical (unpaired) electrons. The Hall–Kier alpha value is -4.00. The molecule has 7 nitrogen and oxygen atoms in total. The van der Waals surface area contributed by atoms with E-state index in [2.05, 4.69) is 32.5 Å². The standard InChI is InChI=1S/C27H29N5O2/c1-18-19(2)31-32(20(18)3)25-17-27(29-21(4)28-25)34-24-15-13-23(14-16-24)30-26(33)12-8-11-22-9-6-5-7-10-22/h5-7,9-10,13-17H,8,11-12H2,1-4H3,(H,30,33). The van der Waals surface area contributed by atoms with E-state index < -0.39 is 0 Å². The van der Waals surface area contributed by atoms with E-state index in [0.717, 1.165) is 35.5 Å². The first-order valence-corrected chi connectivity index (χ1v) is 11.4. The van der Waals surface area contributed by atoms with Crippen LogP contribution in [0.25, 0.3) is 5.82 Å². The molecule has 0 aliphatic rings. The van der Waals surface area contributed by atoms with Crippen LogP contribution >= 0.6 is 0 Å². The van der Waals surface area contributed by atoms with Crippen molar-refractivity contribution in [1.82, 2.24) is 19.7 Å². The number of carbonyl (C=O) groups is 1. The second-order valence-electron chi connectivity index (χ2n) is 8.33. The minimum Gasteiger partial charge on any atom is -0.439 e. The smallest absolute Gasteiger partial charge is 0.224 e. The summed E-state index contributed by atoms with van der Waals surface area (Å²) in [5.74, 6) is 2.31. The van der Waals surface area contributed by atoms with Gasteiger partial charge in [-0.25, -0.2) is 9.67 Å². The summed E-state index contributed by atoms with van der Waals surface area (Å²) in [6, 6.07) is 19.2. The highest BCUT2D eigenvalue weighted by molar-refractivity contribution is 5.90. The van der Waals surface area contributed by atoms with E-state index in [4.69, 9.17) is 4.74 Å². The topological polar surface area (TPSA) is 81.9 Å². The third-order valence-electron chi connectivity index (χ3n) is 5.74. The molecule has 2 aromatic heterocycles. The van der Waals surface area contributed by atoms with Gasteiger partial charge in [-0.05, 0) is 75.9 Å². The lowest BCUT2D eigenvalue weighted by Crippen LogP contribution is -2.11. The van der Waals surface area contributed by atoms with Crippen LogP contribution in [-0.2, 0) is 11.2 Å². The van der Waals surface area contributed by atoms with Gasteiger partial charge < -0.3 is 10.1 Å². The van der Waals surface area contributed by atoms with Crippen molar-refractivity contribution in [2.24, 2.45) is 0 Å². The maximum Gasteiger partial charge on any atom is 0.224 e. The Kier molecular flexibility index (Phi) is 7.01. The monoisotopic (exact) mass is 455 g/mol. The molecule has 4 rings (SSSR count). The number of nitrogens with zero attached hydrogens (tertiary/aromatic N) is 4. The summed E-state index contributed by atoms with van der Waals surface area (Å²) < 4.78 is 7.78. The van der Waals surface area contributed by atoms with E-state index in [9.17, 15) is 4.79 Å². The van der Waals surface area contributed by atoms with Crippen LogP contribution in [0, 0.1) is 27.7 Å². The van der Waals surface area contributed by atoms with Crippen LogP contribution in [0.3, 0.4) is 0 Å². The zero-order chi connectivity index (χ0) is 24.1. The Morgan fingerprint density at radius 3 is 2.38 bits per heavy atom. The number of amides is 1. The van der Waals surface area contributed by atoms with Crippen molar-refractivity contribution in [1.29, 1.82) is 0 Å². The van der Waals surface area contributed by atoms with E-state index in [-0.39, 0.29) is 5.91 Å². The summed E-state index contributed by atoms with van der Waals surface area (Å²) >= 11 is 0. The van der Waals surface area contributed by atoms with E-state index >= 15 is 0 Å². The minimum atomic E-state index is 0.000783. The molecule has 0 unspecified atom stereocenters. The molecule has 4 aromatic rings. The SMILES string of the molecule is Cc1nc(Oc2ccc(NC(=O)CCCc3ccccc3)cc2)cc(-n2nc(C)c(C)c2C)n1. The lowest BCUT2D eigenvalue weighted by atomic mass is 10.1. The van der Waals surface area contributed by atoms with E-state index in [0.29, 0.717) is 29.7 Å². The van der Waals surface area contributed by atoms with Crippen LogP contribution in [-0.4, -0.2) is 25.7 Å². The number of aromatic nitrogens is 4. The summed E-state index contributed by atoms with van der Waals surface area (Å²) in [5, 5.41) is 7.52. The van der Waals surface area contributed by atoms with E-state index in [1.54, 1.807) is 6.07 Å². The van der Waals surface area contributed by atoms with Crippen molar-refractivity contribution in [3.8, 4) is 17.4 Å². The molecule has 2 aromatic carbocycles. The number of aryl methyl sites for hydroxylation is 3. The van der Waals surface area contributed by atoms with Gasteiger partial charge in [0.1, 0.15) is 11.6 Å². The molecule has 0 aliphatic carbocycles. The molecular weight excluding hydrogens is 426 g/mol. The van der Waals surface area contributed by atoms with Crippen LogP contribution < -0.4 is 10.1 Å². The lowest BCUT2D eigenvalue weighted by Gasteiger charge is -2.10. The maximum atomic E-state index is 12.3. The molecule has 34 heavy (non-hydrogen) atoms. The van der Waals surface area contributed by atoms with Crippen molar-refractivity contribution >= 4 is 11.6 Å². The summed E-state index contributed by atoms with van der Waals surface area (Å²) in [5.41, 5.74) is 5.11. The average molecular weight is 456 g/mol. The molecule has 0 saturated heterocycles. The third kappa shape index (κ3) is 5.67. The van der Waals surface area contributed by atoms with Crippen molar-refractivity contribution in [3.63, 3.8) is 0 Å². The van der Waals surface area contributed by atoms with Gasteiger partial charge >= 0.3 is 0 Å². The Labute approximate surface area is 199 Å². The van der Waals surface area contributed by atoms with Crippen molar-refractivity contribution in [2.45, 2.75) is 47.0 Å². The van der Waals surface area contributed by atoms with Gasteiger partial charge in [-0.15, -0.1) is 0 Å². The molecule has 2 heterocycles. The first-order chi connectivity index (χ1) is 16.4. The Morgan fingerprint density at radius 2 is 1.71 bits per heavy atom. The first kappa shape index (κ1) is 23.2. The average Bonchev–Trinajstić information content (AvgIpc) is 3.08. The van der Waals surface area contributed by atoms with E-state index in [1.165, 1.54) is 5.56 Å². The highest BCUT2D eigenvalue weighted by Gasteiger charge is 2.13. The molecule has 0 aliphatic heterocycles. The molecule has 0 fully saturated rings. The van der Waals surface area contributed by atoms with Gasteiger partial charge in [0.25, 0.3) is 0 Å². The largest absolute Gasteiger partial charge is 0.439 e. The Morgan fingerprint density at radius 1 is 0.971 bits per heavy atom. The van der Waals surface area contributed by atoms with Crippen LogP contribution in [0.5, 0.6) is 11.6 Å². The summed E-state index contributed by atoms with van der Waals surface area (Å²) in [4.78, 5) is 21.2. The summed E-state index contributed by atoms with van der Waals surface area (Å²) in [6.07, 6.45) is 2.17. The molecule has 1 N–H and O–H groups in total. The fourth-order valence-electron chi connectivity index (χ4n) is 3.68. The number of hydrogen-bond acceptors (Lipinski definition) is 5. The lowest BCUT2D eigenvalue weighted by molar-refractivity contribution is -0.116. The predicted octanol–water partition coefficient (Wildman–Crippen LogP) is 5.65. The van der Waals surface area contributed by atoms with E-state index in [1.807, 2.05) is 74.8 Å². The van der Waals surface area contributed by atoms with Gasteiger partial charge in [-0.1, -0.05) is 30.3 Å². The van der Waals surface area contributed by atoms with Gasteiger partial charge in [0, 0.05) is 23.9 Å². The number of anilines is 1.